The van der Waals surface area contributed by atoms with Gasteiger partial charge in [0.05, 0.1) is 5.92 Å². The zero-order chi connectivity index (χ0) is 15.1. The fourth-order valence-corrected chi connectivity index (χ4v) is 2.34. The Hall–Kier alpha value is -1.59. The fourth-order valence-electron chi connectivity index (χ4n) is 2.34. The summed E-state index contributed by atoms with van der Waals surface area (Å²) in [6.07, 6.45) is 2.70. The Kier molecular flexibility index (Phi) is 6.48. The van der Waals surface area contributed by atoms with E-state index < -0.39 is 11.9 Å². The number of amides is 2. The maximum absolute atomic E-state index is 11.8. The molecule has 1 saturated carbocycles. The minimum absolute atomic E-state index is 0.0746. The van der Waals surface area contributed by atoms with Crippen molar-refractivity contribution < 1.29 is 19.5 Å². The van der Waals surface area contributed by atoms with Gasteiger partial charge in [0.2, 0.25) is 11.8 Å². The van der Waals surface area contributed by atoms with E-state index >= 15 is 0 Å². The summed E-state index contributed by atoms with van der Waals surface area (Å²) in [6, 6.07) is 0.143. The molecule has 0 aromatic carbocycles. The molecule has 3 N–H and O–H groups in total. The van der Waals surface area contributed by atoms with Gasteiger partial charge in [-0.2, -0.15) is 0 Å². The molecule has 3 unspecified atom stereocenters. The minimum atomic E-state index is -0.826. The van der Waals surface area contributed by atoms with Gasteiger partial charge in [-0.1, -0.05) is 6.92 Å². The van der Waals surface area contributed by atoms with E-state index in [0.29, 0.717) is 25.8 Å². The molecule has 0 aromatic rings. The predicted molar refractivity (Wildman–Crippen MR) is 74.0 cm³/mol. The number of aliphatic carboxylic acids is 1. The van der Waals surface area contributed by atoms with Crippen LogP contribution in [0.2, 0.25) is 0 Å². The summed E-state index contributed by atoms with van der Waals surface area (Å²) in [5, 5.41) is 14.4. The number of carbonyl (C=O) groups excluding carboxylic acids is 2. The molecular formula is C14H24N2O4. The van der Waals surface area contributed by atoms with Crippen molar-refractivity contribution in [2.75, 3.05) is 6.54 Å². The molecule has 1 rings (SSSR count). The van der Waals surface area contributed by atoms with Crippen molar-refractivity contribution in [2.45, 2.75) is 52.0 Å². The molecule has 1 fully saturated rings. The molecule has 0 heterocycles. The smallest absolute Gasteiger partial charge is 0.306 e. The Morgan fingerprint density at radius 2 is 1.90 bits per heavy atom. The van der Waals surface area contributed by atoms with Crippen LogP contribution in [0, 0.1) is 11.8 Å². The van der Waals surface area contributed by atoms with Gasteiger partial charge in [0.25, 0.3) is 0 Å². The van der Waals surface area contributed by atoms with Crippen LogP contribution in [0.1, 0.15) is 46.0 Å². The van der Waals surface area contributed by atoms with Crippen LogP contribution in [0.4, 0.5) is 0 Å². The summed E-state index contributed by atoms with van der Waals surface area (Å²) in [6.45, 7) is 4.22. The van der Waals surface area contributed by atoms with Crippen LogP contribution in [-0.4, -0.2) is 35.5 Å². The number of nitrogens with one attached hydrogen (secondary N) is 2. The second-order valence-corrected chi connectivity index (χ2v) is 5.46. The van der Waals surface area contributed by atoms with Gasteiger partial charge in [-0.25, -0.2) is 0 Å². The van der Waals surface area contributed by atoms with Crippen LogP contribution in [-0.2, 0) is 14.4 Å². The standard InChI is InChI=1S/C14H24N2O4/c1-3-9(2)16-12(17)6-7-15-13(18)10-4-5-11(8-10)14(19)20/h9-11H,3-8H2,1-2H3,(H,15,18)(H,16,17)(H,19,20). The van der Waals surface area contributed by atoms with E-state index in [9.17, 15) is 14.4 Å². The molecule has 114 valence electrons. The Morgan fingerprint density at radius 3 is 2.45 bits per heavy atom. The predicted octanol–water partition coefficient (Wildman–Crippen LogP) is 0.908. The lowest BCUT2D eigenvalue weighted by Crippen LogP contribution is -2.36. The van der Waals surface area contributed by atoms with Crippen molar-refractivity contribution in [3.05, 3.63) is 0 Å². The highest BCUT2D eigenvalue weighted by Crippen LogP contribution is 2.30. The third-order valence-electron chi connectivity index (χ3n) is 3.82. The van der Waals surface area contributed by atoms with Gasteiger partial charge < -0.3 is 15.7 Å². The highest BCUT2D eigenvalue weighted by molar-refractivity contribution is 5.82. The Labute approximate surface area is 119 Å². The molecule has 0 aromatic heterocycles. The molecule has 0 radical (unpaired) electrons. The van der Waals surface area contributed by atoms with Crippen LogP contribution in [0.15, 0.2) is 0 Å². The highest BCUT2D eigenvalue weighted by Gasteiger charge is 2.33. The van der Waals surface area contributed by atoms with E-state index in [-0.39, 0.29) is 30.2 Å². The molecule has 0 spiro atoms. The number of hydrogen-bond donors (Lipinski definition) is 3. The Balaban J connectivity index is 2.21. The second kappa shape index (κ2) is 7.87. The van der Waals surface area contributed by atoms with Crippen molar-refractivity contribution in [1.82, 2.24) is 10.6 Å². The summed E-state index contributed by atoms with van der Waals surface area (Å²) in [4.78, 5) is 34.2. The van der Waals surface area contributed by atoms with E-state index in [1.165, 1.54) is 0 Å². The van der Waals surface area contributed by atoms with Gasteiger partial charge in [-0.3, -0.25) is 14.4 Å². The molecule has 3 atom stereocenters. The topological polar surface area (TPSA) is 95.5 Å². The number of carboxylic acids is 1. The largest absolute Gasteiger partial charge is 0.481 e. The van der Waals surface area contributed by atoms with Crippen LogP contribution >= 0.6 is 0 Å². The molecule has 1 aliphatic rings. The summed E-state index contributed by atoms with van der Waals surface area (Å²) in [5.74, 6) is -1.67. The summed E-state index contributed by atoms with van der Waals surface area (Å²) < 4.78 is 0. The van der Waals surface area contributed by atoms with Crippen molar-refractivity contribution in [1.29, 1.82) is 0 Å². The molecular weight excluding hydrogens is 260 g/mol. The average Bonchev–Trinajstić information content (AvgIpc) is 2.88. The van der Waals surface area contributed by atoms with Crippen molar-refractivity contribution in [3.63, 3.8) is 0 Å². The first kappa shape index (κ1) is 16.5. The molecule has 0 aliphatic heterocycles. The number of rotatable bonds is 7. The maximum Gasteiger partial charge on any atom is 0.306 e. The molecule has 0 bridgehead atoms. The molecule has 6 heteroatoms. The lowest BCUT2D eigenvalue weighted by atomic mass is 10.0. The van der Waals surface area contributed by atoms with Gasteiger partial charge in [-0.15, -0.1) is 0 Å². The Bertz CT molecular complexity index is 370. The quantitative estimate of drug-likeness (QED) is 0.647. The first-order valence-electron chi connectivity index (χ1n) is 7.23. The lowest BCUT2D eigenvalue weighted by molar-refractivity contribution is -0.141. The SMILES string of the molecule is CCC(C)NC(=O)CCNC(=O)C1CCC(C(=O)O)C1. The van der Waals surface area contributed by atoms with Crippen LogP contribution in [0.3, 0.4) is 0 Å². The van der Waals surface area contributed by atoms with E-state index in [1.807, 2.05) is 13.8 Å². The van der Waals surface area contributed by atoms with Crippen molar-refractivity contribution in [3.8, 4) is 0 Å². The van der Waals surface area contributed by atoms with Crippen LogP contribution in [0.25, 0.3) is 0 Å². The van der Waals surface area contributed by atoms with Gasteiger partial charge in [-0.05, 0) is 32.6 Å². The highest BCUT2D eigenvalue weighted by atomic mass is 16.4. The lowest BCUT2D eigenvalue weighted by Gasteiger charge is -2.13. The van der Waals surface area contributed by atoms with E-state index in [2.05, 4.69) is 10.6 Å². The number of carboxylic acid groups (broad SMARTS) is 1. The van der Waals surface area contributed by atoms with Crippen molar-refractivity contribution in [2.24, 2.45) is 11.8 Å². The summed E-state index contributed by atoms with van der Waals surface area (Å²) >= 11 is 0. The molecule has 0 saturated heterocycles. The number of hydrogen-bond acceptors (Lipinski definition) is 3. The van der Waals surface area contributed by atoms with Crippen molar-refractivity contribution >= 4 is 17.8 Å². The van der Waals surface area contributed by atoms with Gasteiger partial charge in [0, 0.05) is 24.9 Å². The second-order valence-electron chi connectivity index (χ2n) is 5.46. The molecule has 20 heavy (non-hydrogen) atoms. The average molecular weight is 284 g/mol. The van der Waals surface area contributed by atoms with E-state index in [4.69, 9.17) is 5.11 Å². The summed E-state index contributed by atoms with van der Waals surface area (Å²) in [5.41, 5.74) is 0. The minimum Gasteiger partial charge on any atom is -0.481 e. The van der Waals surface area contributed by atoms with Crippen LogP contribution in [0.5, 0.6) is 0 Å². The van der Waals surface area contributed by atoms with E-state index in [1.54, 1.807) is 0 Å². The number of carbonyl (C=O) groups is 3. The van der Waals surface area contributed by atoms with E-state index in [0.717, 1.165) is 6.42 Å². The maximum atomic E-state index is 11.8. The molecule has 2 amide bonds. The third kappa shape index (κ3) is 5.19. The van der Waals surface area contributed by atoms with Gasteiger partial charge in [0.1, 0.15) is 0 Å². The van der Waals surface area contributed by atoms with Crippen LogP contribution < -0.4 is 10.6 Å². The summed E-state index contributed by atoms with van der Waals surface area (Å²) in [7, 11) is 0. The molecule has 6 nitrogen and oxygen atoms in total. The third-order valence-corrected chi connectivity index (χ3v) is 3.82. The Morgan fingerprint density at radius 1 is 1.25 bits per heavy atom. The van der Waals surface area contributed by atoms with Gasteiger partial charge >= 0.3 is 5.97 Å². The zero-order valence-electron chi connectivity index (χ0n) is 12.1. The monoisotopic (exact) mass is 284 g/mol. The normalized spacial score (nSPS) is 23.1. The fraction of sp³-hybridized carbons (Fsp3) is 0.786. The zero-order valence-corrected chi connectivity index (χ0v) is 12.1. The first-order valence-corrected chi connectivity index (χ1v) is 7.23. The first-order chi connectivity index (χ1) is 9.43. The molecule has 1 aliphatic carbocycles. The van der Waals surface area contributed by atoms with Gasteiger partial charge in [0.15, 0.2) is 0 Å².